The SMILES string of the molecule is Cc1conc1CNc1ncnc(C)c1F. The predicted octanol–water partition coefficient (Wildman–Crippen LogP) is 1.83. The summed E-state index contributed by atoms with van der Waals surface area (Å²) >= 11 is 0. The van der Waals surface area contributed by atoms with E-state index < -0.39 is 5.82 Å². The van der Waals surface area contributed by atoms with Gasteiger partial charge in [-0.3, -0.25) is 0 Å². The third kappa shape index (κ3) is 2.00. The third-order valence-electron chi connectivity index (χ3n) is 2.23. The zero-order valence-electron chi connectivity index (χ0n) is 8.99. The molecular weight excluding hydrogens is 211 g/mol. The molecule has 0 saturated heterocycles. The summed E-state index contributed by atoms with van der Waals surface area (Å²) in [6.45, 7) is 3.83. The fourth-order valence-corrected chi connectivity index (χ4v) is 1.23. The van der Waals surface area contributed by atoms with Crippen LogP contribution in [0.15, 0.2) is 17.1 Å². The monoisotopic (exact) mass is 222 g/mol. The number of aromatic nitrogens is 3. The second-order valence-corrected chi connectivity index (χ2v) is 3.42. The molecule has 1 N–H and O–H groups in total. The molecule has 0 spiro atoms. The summed E-state index contributed by atoms with van der Waals surface area (Å²) in [7, 11) is 0. The second-order valence-electron chi connectivity index (χ2n) is 3.42. The molecule has 5 nitrogen and oxygen atoms in total. The Morgan fingerprint density at radius 3 is 2.88 bits per heavy atom. The second kappa shape index (κ2) is 4.26. The molecule has 6 heteroatoms. The highest BCUT2D eigenvalue weighted by Crippen LogP contribution is 2.13. The van der Waals surface area contributed by atoms with Crippen molar-refractivity contribution in [1.82, 2.24) is 15.1 Å². The van der Waals surface area contributed by atoms with Gasteiger partial charge in [0, 0.05) is 5.56 Å². The smallest absolute Gasteiger partial charge is 0.186 e. The van der Waals surface area contributed by atoms with Crippen molar-refractivity contribution in [1.29, 1.82) is 0 Å². The van der Waals surface area contributed by atoms with Crippen LogP contribution >= 0.6 is 0 Å². The molecule has 0 aliphatic heterocycles. The van der Waals surface area contributed by atoms with Gasteiger partial charge in [-0.1, -0.05) is 5.16 Å². The van der Waals surface area contributed by atoms with Crippen molar-refractivity contribution in [2.24, 2.45) is 0 Å². The maximum atomic E-state index is 13.5. The van der Waals surface area contributed by atoms with Gasteiger partial charge in [0.25, 0.3) is 0 Å². The van der Waals surface area contributed by atoms with E-state index in [-0.39, 0.29) is 5.82 Å². The lowest BCUT2D eigenvalue weighted by Crippen LogP contribution is -2.06. The van der Waals surface area contributed by atoms with Gasteiger partial charge in [-0.25, -0.2) is 14.4 Å². The average Bonchev–Trinajstić information content (AvgIpc) is 2.67. The van der Waals surface area contributed by atoms with Crippen molar-refractivity contribution in [2.75, 3.05) is 5.32 Å². The number of aryl methyl sites for hydroxylation is 2. The number of rotatable bonds is 3. The van der Waals surface area contributed by atoms with Gasteiger partial charge in [0.15, 0.2) is 11.6 Å². The summed E-state index contributed by atoms with van der Waals surface area (Å²) in [6.07, 6.45) is 2.86. The summed E-state index contributed by atoms with van der Waals surface area (Å²) in [5, 5.41) is 6.63. The van der Waals surface area contributed by atoms with Gasteiger partial charge in [-0.05, 0) is 13.8 Å². The summed E-state index contributed by atoms with van der Waals surface area (Å²) in [4.78, 5) is 7.55. The van der Waals surface area contributed by atoms with Crippen LogP contribution < -0.4 is 5.32 Å². The van der Waals surface area contributed by atoms with Crippen LogP contribution in [0.5, 0.6) is 0 Å². The Morgan fingerprint density at radius 1 is 1.38 bits per heavy atom. The lowest BCUT2D eigenvalue weighted by molar-refractivity contribution is 0.412. The lowest BCUT2D eigenvalue weighted by Gasteiger charge is -2.05. The molecule has 0 bridgehead atoms. The number of halogens is 1. The number of anilines is 1. The highest BCUT2D eigenvalue weighted by atomic mass is 19.1. The first kappa shape index (κ1) is 10.5. The van der Waals surface area contributed by atoms with Crippen LogP contribution in [0.25, 0.3) is 0 Å². The zero-order chi connectivity index (χ0) is 11.5. The van der Waals surface area contributed by atoms with Gasteiger partial charge in [0.05, 0.1) is 12.2 Å². The largest absolute Gasteiger partial charge is 0.364 e. The van der Waals surface area contributed by atoms with Crippen molar-refractivity contribution < 1.29 is 8.91 Å². The molecule has 0 radical (unpaired) electrons. The minimum Gasteiger partial charge on any atom is -0.364 e. The molecule has 2 aromatic heterocycles. The van der Waals surface area contributed by atoms with E-state index >= 15 is 0 Å². The molecule has 0 unspecified atom stereocenters. The molecule has 84 valence electrons. The van der Waals surface area contributed by atoms with Crippen LogP contribution in [0.3, 0.4) is 0 Å². The van der Waals surface area contributed by atoms with E-state index in [1.807, 2.05) is 6.92 Å². The average molecular weight is 222 g/mol. The zero-order valence-corrected chi connectivity index (χ0v) is 8.99. The fourth-order valence-electron chi connectivity index (χ4n) is 1.23. The molecule has 0 fully saturated rings. The Labute approximate surface area is 91.7 Å². The number of nitrogens with one attached hydrogen (secondary N) is 1. The Hall–Kier alpha value is -1.98. The van der Waals surface area contributed by atoms with Crippen molar-refractivity contribution in [2.45, 2.75) is 20.4 Å². The van der Waals surface area contributed by atoms with Crippen molar-refractivity contribution in [3.8, 4) is 0 Å². The van der Waals surface area contributed by atoms with Gasteiger partial charge in [-0.15, -0.1) is 0 Å². The highest BCUT2D eigenvalue weighted by Gasteiger charge is 2.08. The Bertz CT molecular complexity index is 497. The van der Waals surface area contributed by atoms with Gasteiger partial charge in [-0.2, -0.15) is 0 Å². The van der Waals surface area contributed by atoms with Crippen LogP contribution in [0.2, 0.25) is 0 Å². The molecule has 0 aromatic carbocycles. The van der Waals surface area contributed by atoms with Crippen molar-refractivity contribution in [3.63, 3.8) is 0 Å². The molecule has 0 aliphatic carbocycles. The summed E-state index contributed by atoms with van der Waals surface area (Å²) < 4.78 is 18.3. The quantitative estimate of drug-likeness (QED) is 0.858. The van der Waals surface area contributed by atoms with Crippen LogP contribution in [-0.4, -0.2) is 15.1 Å². The van der Waals surface area contributed by atoms with Crippen LogP contribution in [0, 0.1) is 19.7 Å². The lowest BCUT2D eigenvalue weighted by atomic mass is 10.3. The molecule has 16 heavy (non-hydrogen) atoms. The Morgan fingerprint density at radius 2 is 2.19 bits per heavy atom. The van der Waals surface area contributed by atoms with E-state index in [2.05, 4.69) is 20.4 Å². The standard InChI is InChI=1S/C10H11FN4O/c1-6-4-16-15-8(6)3-12-10-9(11)7(2)13-5-14-10/h4-5H,3H2,1-2H3,(H,12,13,14). The van der Waals surface area contributed by atoms with E-state index in [1.54, 1.807) is 13.2 Å². The molecular formula is C10H11FN4O. The van der Waals surface area contributed by atoms with Crippen LogP contribution in [-0.2, 0) is 6.54 Å². The van der Waals surface area contributed by atoms with E-state index in [9.17, 15) is 4.39 Å². The molecule has 0 saturated carbocycles. The van der Waals surface area contributed by atoms with E-state index in [0.717, 1.165) is 11.3 Å². The van der Waals surface area contributed by atoms with Crippen LogP contribution in [0.4, 0.5) is 10.2 Å². The molecule has 0 amide bonds. The van der Waals surface area contributed by atoms with Crippen molar-refractivity contribution in [3.05, 3.63) is 35.4 Å². The van der Waals surface area contributed by atoms with Crippen molar-refractivity contribution >= 4 is 5.82 Å². The normalized spacial score (nSPS) is 10.4. The number of hydrogen-bond donors (Lipinski definition) is 1. The van der Waals surface area contributed by atoms with Gasteiger partial charge in [0.2, 0.25) is 0 Å². The highest BCUT2D eigenvalue weighted by molar-refractivity contribution is 5.37. The minimum atomic E-state index is -0.441. The summed E-state index contributed by atoms with van der Waals surface area (Å²) in [6, 6.07) is 0. The minimum absolute atomic E-state index is 0.176. The molecule has 2 aromatic rings. The first-order valence-corrected chi connectivity index (χ1v) is 4.79. The molecule has 2 heterocycles. The molecule has 0 atom stereocenters. The number of hydrogen-bond acceptors (Lipinski definition) is 5. The first-order chi connectivity index (χ1) is 7.68. The topological polar surface area (TPSA) is 63.8 Å². The maximum Gasteiger partial charge on any atom is 0.186 e. The van der Waals surface area contributed by atoms with Gasteiger partial charge >= 0.3 is 0 Å². The van der Waals surface area contributed by atoms with E-state index in [4.69, 9.17) is 4.52 Å². The molecule has 2 rings (SSSR count). The van der Waals surface area contributed by atoms with Gasteiger partial charge < -0.3 is 9.84 Å². The fraction of sp³-hybridized carbons (Fsp3) is 0.300. The third-order valence-corrected chi connectivity index (χ3v) is 2.23. The van der Waals surface area contributed by atoms with Crippen LogP contribution in [0.1, 0.15) is 17.0 Å². The summed E-state index contributed by atoms with van der Waals surface area (Å²) in [5.41, 5.74) is 1.96. The maximum absolute atomic E-state index is 13.5. The number of nitrogens with zero attached hydrogens (tertiary/aromatic N) is 3. The van der Waals surface area contributed by atoms with E-state index in [0.29, 0.717) is 12.2 Å². The van der Waals surface area contributed by atoms with Gasteiger partial charge in [0.1, 0.15) is 18.3 Å². The Balaban J connectivity index is 2.11. The first-order valence-electron chi connectivity index (χ1n) is 4.79. The van der Waals surface area contributed by atoms with E-state index in [1.165, 1.54) is 6.33 Å². The molecule has 0 aliphatic rings. The Kier molecular flexibility index (Phi) is 2.80. The predicted molar refractivity (Wildman–Crippen MR) is 55.3 cm³/mol. The summed E-state index contributed by atoms with van der Waals surface area (Å²) in [5.74, 6) is -0.265.